The zero-order valence-corrected chi connectivity index (χ0v) is 19.9. The summed E-state index contributed by atoms with van der Waals surface area (Å²) in [6.45, 7) is 8.13. The number of fused-ring (bicyclic) bond motifs is 1. The predicted octanol–water partition coefficient (Wildman–Crippen LogP) is 4.73. The molecule has 172 valence electrons. The summed E-state index contributed by atoms with van der Waals surface area (Å²) in [5.74, 6) is 1.55. The molecule has 3 N–H and O–H groups in total. The number of phenolic OH excluding ortho intramolecular Hbond substituents is 1. The monoisotopic (exact) mass is 465 g/mol. The Morgan fingerprint density at radius 1 is 1.24 bits per heavy atom. The summed E-state index contributed by atoms with van der Waals surface area (Å²) in [4.78, 5) is 18.1. The van der Waals surface area contributed by atoms with Crippen molar-refractivity contribution >= 4 is 29.3 Å². The Bertz CT molecular complexity index is 1220. The fraction of sp³-hybridized carbons (Fsp3) is 0.292. The van der Waals surface area contributed by atoms with Gasteiger partial charge in [-0.2, -0.15) is 4.98 Å². The van der Waals surface area contributed by atoms with Gasteiger partial charge in [0.15, 0.2) is 11.5 Å². The maximum absolute atomic E-state index is 13.5. The van der Waals surface area contributed by atoms with Crippen molar-refractivity contribution in [3.8, 4) is 11.5 Å². The molecule has 0 fully saturated rings. The SMILES string of the molecule is CCOc1cc(C2C(C(=O)Nc3cccc(C)c3)=C(C)Nc3nc(SCC)nn32)ccc1O. The highest BCUT2D eigenvalue weighted by molar-refractivity contribution is 7.99. The van der Waals surface area contributed by atoms with Crippen LogP contribution in [0.1, 0.15) is 37.9 Å². The van der Waals surface area contributed by atoms with Gasteiger partial charge >= 0.3 is 0 Å². The molecule has 1 aromatic heterocycles. The van der Waals surface area contributed by atoms with E-state index in [-0.39, 0.29) is 11.7 Å². The summed E-state index contributed by atoms with van der Waals surface area (Å²) in [7, 11) is 0. The molecule has 0 radical (unpaired) electrons. The number of aromatic hydroxyl groups is 1. The Hall–Kier alpha value is -3.46. The lowest BCUT2D eigenvalue weighted by Crippen LogP contribution is -2.31. The molecule has 1 atom stereocenters. The normalized spacial score (nSPS) is 15.1. The average molecular weight is 466 g/mol. The van der Waals surface area contributed by atoms with Crippen LogP contribution in [0.15, 0.2) is 58.9 Å². The maximum atomic E-state index is 13.5. The molecule has 0 spiro atoms. The van der Waals surface area contributed by atoms with Gasteiger partial charge in [0.05, 0.1) is 12.2 Å². The van der Waals surface area contributed by atoms with Gasteiger partial charge in [-0.15, -0.1) is 5.10 Å². The van der Waals surface area contributed by atoms with Crippen LogP contribution >= 0.6 is 11.8 Å². The topological polar surface area (TPSA) is 101 Å². The second-order valence-corrected chi connectivity index (χ2v) is 8.88. The van der Waals surface area contributed by atoms with E-state index in [2.05, 4.69) is 20.7 Å². The number of aromatic nitrogens is 3. The highest BCUT2D eigenvalue weighted by atomic mass is 32.2. The number of rotatable bonds is 7. The van der Waals surface area contributed by atoms with Crippen molar-refractivity contribution < 1.29 is 14.6 Å². The number of hydrogen-bond acceptors (Lipinski definition) is 7. The first kappa shape index (κ1) is 22.7. The number of aryl methyl sites for hydroxylation is 1. The number of hydrogen-bond donors (Lipinski definition) is 3. The van der Waals surface area contributed by atoms with Gasteiger partial charge in [0.1, 0.15) is 6.04 Å². The van der Waals surface area contributed by atoms with Crippen LogP contribution in [0.25, 0.3) is 0 Å². The number of carbonyl (C=O) groups is 1. The third kappa shape index (κ3) is 4.68. The number of anilines is 2. The number of carbonyl (C=O) groups excluding carboxylic acids is 1. The molecule has 0 saturated heterocycles. The Balaban J connectivity index is 1.80. The van der Waals surface area contributed by atoms with Crippen LogP contribution in [0.3, 0.4) is 0 Å². The highest BCUT2D eigenvalue weighted by Gasteiger charge is 2.35. The van der Waals surface area contributed by atoms with E-state index in [9.17, 15) is 9.90 Å². The molecule has 4 rings (SSSR count). The van der Waals surface area contributed by atoms with E-state index in [0.29, 0.717) is 40.4 Å². The summed E-state index contributed by atoms with van der Waals surface area (Å²) < 4.78 is 7.32. The summed E-state index contributed by atoms with van der Waals surface area (Å²) in [5.41, 5.74) is 3.72. The zero-order valence-electron chi connectivity index (χ0n) is 19.0. The number of phenols is 1. The summed E-state index contributed by atoms with van der Waals surface area (Å²) in [6.07, 6.45) is 0. The van der Waals surface area contributed by atoms with E-state index in [0.717, 1.165) is 16.9 Å². The van der Waals surface area contributed by atoms with Crippen molar-refractivity contribution in [1.29, 1.82) is 0 Å². The summed E-state index contributed by atoms with van der Waals surface area (Å²) >= 11 is 1.53. The number of thioether (sulfide) groups is 1. The lowest BCUT2D eigenvalue weighted by molar-refractivity contribution is -0.113. The average Bonchev–Trinajstić information content (AvgIpc) is 3.16. The molecule has 1 aliphatic heterocycles. The Kier molecular flexibility index (Phi) is 6.60. The minimum Gasteiger partial charge on any atom is -0.504 e. The quantitative estimate of drug-likeness (QED) is 0.434. The Labute approximate surface area is 197 Å². The molecule has 8 nitrogen and oxygen atoms in total. The van der Waals surface area contributed by atoms with E-state index < -0.39 is 6.04 Å². The lowest BCUT2D eigenvalue weighted by atomic mass is 9.94. The number of allylic oxidation sites excluding steroid dienone is 1. The van der Waals surface area contributed by atoms with Gasteiger partial charge in [0.25, 0.3) is 5.91 Å². The van der Waals surface area contributed by atoms with Crippen LogP contribution < -0.4 is 15.4 Å². The van der Waals surface area contributed by atoms with Gasteiger partial charge in [0, 0.05) is 11.4 Å². The molecule has 9 heteroatoms. The molecule has 1 unspecified atom stereocenters. The minimum absolute atomic E-state index is 0.0436. The molecule has 1 aliphatic rings. The number of ether oxygens (including phenoxy) is 1. The zero-order chi connectivity index (χ0) is 23.5. The van der Waals surface area contributed by atoms with Gasteiger partial charge in [-0.3, -0.25) is 4.79 Å². The van der Waals surface area contributed by atoms with Crippen LogP contribution in [-0.4, -0.2) is 38.1 Å². The molecule has 0 bridgehead atoms. The van der Waals surface area contributed by atoms with Crippen LogP contribution in [0.5, 0.6) is 11.5 Å². The van der Waals surface area contributed by atoms with E-state index in [1.807, 2.05) is 52.0 Å². The number of amides is 1. The van der Waals surface area contributed by atoms with Crippen molar-refractivity contribution in [1.82, 2.24) is 14.8 Å². The van der Waals surface area contributed by atoms with Crippen molar-refractivity contribution in [2.75, 3.05) is 23.0 Å². The lowest BCUT2D eigenvalue weighted by Gasteiger charge is -2.29. The van der Waals surface area contributed by atoms with Gasteiger partial charge in [-0.25, -0.2) is 4.68 Å². The van der Waals surface area contributed by atoms with Crippen molar-refractivity contribution in [3.63, 3.8) is 0 Å². The van der Waals surface area contributed by atoms with E-state index >= 15 is 0 Å². The molecule has 1 amide bonds. The van der Waals surface area contributed by atoms with Crippen LogP contribution in [0.4, 0.5) is 11.6 Å². The molecule has 0 aliphatic carbocycles. The smallest absolute Gasteiger partial charge is 0.255 e. The molecular formula is C24H27N5O3S. The standard InChI is InChI=1S/C24H27N5O3S/c1-5-32-19-13-16(10-11-18(19)30)21-20(22(31)26-17-9-7-8-14(3)12-17)15(4)25-23-27-24(33-6-2)28-29(21)23/h7-13,21,30H,5-6H2,1-4H3,(H,26,31)(H,25,27,28). The van der Waals surface area contributed by atoms with Crippen LogP contribution in [0, 0.1) is 6.92 Å². The Morgan fingerprint density at radius 3 is 2.79 bits per heavy atom. The van der Waals surface area contributed by atoms with E-state index in [4.69, 9.17) is 4.74 Å². The molecule has 3 aromatic rings. The van der Waals surface area contributed by atoms with Crippen LogP contribution in [-0.2, 0) is 4.79 Å². The first-order valence-electron chi connectivity index (χ1n) is 10.8. The second kappa shape index (κ2) is 9.58. The van der Waals surface area contributed by atoms with Gasteiger partial charge in [0.2, 0.25) is 11.1 Å². The fourth-order valence-corrected chi connectivity index (χ4v) is 4.37. The van der Waals surface area contributed by atoms with Gasteiger partial charge in [-0.1, -0.05) is 36.9 Å². The minimum atomic E-state index is -0.551. The first-order valence-corrected chi connectivity index (χ1v) is 11.8. The van der Waals surface area contributed by atoms with Gasteiger partial charge < -0.3 is 20.5 Å². The molecule has 0 saturated carbocycles. The van der Waals surface area contributed by atoms with E-state index in [1.165, 1.54) is 11.8 Å². The summed E-state index contributed by atoms with van der Waals surface area (Å²) in [6, 6.07) is 12.2. The second-order valence-electron chi connectivity index (χ2n) is 7.65. The first-order chi connectivity index (χ1) is 15.9. The van der Waals surface area contributed by atoms with Gasteiger partial charge in [-0.05, 0) is 61.9 Å². The number of nitrogens with one attached hydrogen (secondary N) is 2. The Morgan fingerprint density at radius 2 is 2.06 bits per heavy atom. The largest absolute Gasteiger partial charge is 0.504 e. The fourth-order valence-electron chi connectivity index (χ4n) is 3.82. The third-order valence-electron chi connectivity index (χ3n) is 5.23. The van der Waals surface area contributed by atoms with Crippen LogP contribution in [0.2, 0.25) is 0 Å². The molecular weight excluding hydrogens is 438 g/mol. The summed E-state index contributed by atoms with van der Waals surface area (Å²) in [5, 5.41) is 21.8. The number of benzene rings is 2. The predicted molar refractivity (Wildman–Crippen MR) is 130 cm³/mol. The van der Waals surface area contributed by atoms with Crippen molar-refractivity contribution in [2.45, 2.75) is 38.9 Å². The van der Waals surface area contributed by atoms with Crippen molar-refractivity contribution in [3.05, 3.63) is 64.9 Å². The van der Waals surface area contributed by atoms with E-state index in [1.54, 1.807) is 22.9 Å². The van der Waals surface area contributed by atoms with Crippen molar-refractivity contribution in [2.24, 2.45) is 0 Å². The molecule has 2 aromatic carbocycles. The highest BCUT2D eigenvalue weighted by Crippen LogP contribution is 2.39. The third-order valence-corrected chi connectivity index (χ3v) is 5.95. The maximum Gasteiger partial charge on any atom is 0.255 e. The molecule has 33 heavy (non-hydrogen) atoms. The number of nitrogens with zero attached hydrogens (tertiary/aromatic N) is 3. The molecule has 2 heterocycles.